The second-order valence-electron chi connectivity index (χ2n) is 3.93. The SMILES string of the molecule is Cc1ccc(C(CN)C(C)C)nc1Cl. The van der Waals surface area contributed by atoms with Gasteiger partial charge in [-0.25, -0.2) is 4.98 Å². The van der Waals surface area contributed by atoms with Crippen LogP contribution in [0.3, 0.4) is 0 Å². The van der Waals surface area contributed by atoms with E-state index >= 15 is 0 Å². The molecule has 0 aromatic carbocycles. The van der Waals surface area contributed by atoms with E-state index in [1.165, 1.54) is 0 Å². The van der Waals surface area contributed by atoms with Crippen LogP contribution in [0.25, 0.3) is 0 Å². The minimum atomic E-state index is 0.299. The number of pyridine rings is 1. The number of aromatic nitrogens is 1. The van der Waals surface area contributed by atoms with Crippen LogP contribution < -0.4 is 5.73 Å². The molecule has 1 unspecified atom stereocenters. The molecule has 1 aromatic rings. The molecule has 0 aliphatic carbocycles. The molecule has 0 aliphatic heterocycles. The Morgan fingerprint density at radius 2 is 2.07 bits per heavy atom. The fourth-order valence-electron chi connectivity index (χ4n) is 1.46. The lowest BCUT2D eigenvalue weighted by molar-refractivity contribution is 0.495. The van der Waals surface area contributed by atoms with Crippen LogP contribution in [0.4, 0.5) is 0 Å². The van der Waals surface area contributed by atoms with Gasteiger partial charge in [-0.05, 0) is 24.5 Å². The lowest BCUT2D eigenvalue weighted by Crippen LogP contribution is -2.19. The Morgan fingerprint density at radius 1 is 1.43 bits per heavy atom. The molecule has 1 aromatic heterocycles. The lowest BCUT2D eigenvalue weighted by atomic mass is 9.92. The van der Waals surface area contributed by atoms with E-state index < -0.39 is 0 Å². The summed E-state index contributed by atoms with van der Waals surface area (Å²) in [6, 6.07) is 4.01. The molecule has 0 saturated heterocycles. The van der Waals surface area contributed by atoms with Gasteiger partial charge in [-0.15, -0.1) is 0 Å². The predicted octanol–water partition coefficient (Wildman–Crippen LogP) is 2.74. The number of halogens is 1. The van der Waals surface area contributed by atoms with Crippen LogP contribution in [0.5, 0.6) is 0 Å². The van der Waals surface area contributed by atoms with Crippen LogP contribution in [0.15, 0.2) is 12.1 Å². The molecule has 14 heavy (non-hydrogen) atoms. The Labute approximate surface area is 90.5 Å². The summed E-state index contributed by atoms with van der Waals surface area (Å²) in [6.45, 7) is 6.86. The third-order valence-electron chi connectivity index (χ3n) is 2.50. The zero-order chi connectivity index (χ0) is 10.7. The summed E-state index contributed by atoms with van der Waals surface area (Å²) in [4.78, 5) is 4.35. The van der Waals surface area contributed by atoms with E-state index in [4.69, 9.17) is 17.3 Å². The van der Waals surface area contributed by atoms with Gasteiger partial charge in [0.05, 0.1) is 0 Å². The molecule has 2 N–H and O–H groups in total. The number of nitrogens with zero attached hydrogens (tertiary/aromatic N) is 1. The molecule has 0 amide bonds. The van der Waals surface area contributed by atoms with Gasteiger partial charge >= 0.3 is 0 Å². The second-order valence-corrected chi connectivity index (χ2v) is 4.29. The number of hydrogen-bond donors (Lipinski definition) is 1. The zero-order valence-corrected chi connectivity index (χ0v) is 9.67. The molecule has 1 atom stereocenters. The van der Waals surface area contributed by atoms with Crippen molar-refractivity contribution in [2.24, 2.45) is 11.7 Å². The molecule has 0 bridgehead atoms. The molecule has 1 heterocycles. The zero-order valence-electron chi connectivity index (χ0n) is 8.92. The van der Waals surface area contributed by atoms with Crippen molar-refractivity contribution < 1.29 is 0 Å². The maximum absolute atomic E-state index is 5.97. The topological polar surface area (TPSA) is 38.9 Å². The van der Waals surface area contributed by atoms with Gasteiger partial charge in [0.15, 0.2) is 0 Å². The number of hydrogen-bond acceptors (Lipinski definition) is 2. The van der Waals surface area contributed by atoms with E-state index in [9.17, 15) is 0 Å². The number of nitrogens with two attached hydrogens (primary N) is 1. The van der Waals surface area contributed by atoms with Gasteiger partial charge in [-0.1, -0.05) is 31.5 Å². The van der Waals surface area contributed by atoms with Crippen LogP contribution in [-0.2, 0) is 0 Å². The van der Waals surface area contributed by atoms with Gasteiger partial charge in [0.1, 0.15) is 5.15 Å². The van der Waals surface area contributed by atoms with Gasteiger partial charge in [0, 0.05) is 18.2 Å². The standard InChI is InChI=1S/C11H17ClN2/c1-7(2)9(6-13)10-5-4-8(3)11(12)14-10/h4-5,7,9H,6,13H2,1-3H3. The Balaban J connectivity index is 3.00. The Hall–Kier alpha value is -0.600. The summed E-state index contributed by atoms with van der Waals surface area (Å²) in [5.41, 5.74) is 7.72. The van der Waals surface area contributed by atoms with Crippen molar-refractivity contribution >= 4 is 11.6 Å². The van der Waals surface area contributed by atoms with Gasteiger partial charge in [-0.3, -0.25) is 0 Å². The van der Waals surface area contributed by atoms with Crippen LogP contribution in [0, 0.1) is 12.8 Å². The van der Waals surface area contributed by atoms with Crippen molar-refractivity contribution in [1.29, 1.82) is 0 Å². The molecule has 0 spiro atoms. The van der Waals surface area contributed by atoms with E-state index in [-0.39, 0.29) is 0 Å². The molecule has 1 rings (SSSR count). The molecule has 0 aliphatic rings. The monoisotopic (exact) mass is 212 g/mol. The van der Waals surface area contributed by atoms with E-state index in [0.29, 0.717) is 23.5 Å². The van der Waals surface area contributed by atoms with Crippen molar-refractivity contribution in [3.63, 3.8) is 0 Å². The largest absolute Gasteiger partial charge is 0.330 e. The third-order valence-corrected chi connectivity index (χ3v) is 2.88. The maximum atomic E-state index is 5.97. The highest BCUT2D eigenvalue weighted by molar-refractivity contribution is 6.30. The van der Waals surface area contributed by atoms with Crippen molar-refractivity contribution in [2.75, 3.05) is 6.54 Å². The summed E-state index contributed by atoms with van der Waals surface area (Å²) < 4.78 is 0. The normalized spacial score (nSPS) is 13.3. The van der Waals surface area contributed by atoms with Crippen molar-refractivity contribution in [3.05, 3.63) is 28.5 Å². The molecule has 3 heteroatoms. The quantitative estimate of drug-likeness (QED) is 0.783. The minimum absolute atomic E-state index is 0.299. The highest BCUT2D eigenvalue weighted by Gasteiger charge is 2.15. The molecule has 78 valence electrons. The average Bonchev–Trinajstić information content (AvgIpc) is 2.11. The Bertz CT molecular complexity index is 310. The number of rotatable bonds is 3. The van der Waals surface area contributed by atoms with Crippen molar-refractivity contribution in [2.45, 2.75) is 26.7 Å². The first-order valence-corrected chi connectivity index (χ1v) is 5.27. The lowest BCUT2D eigenvalue weighted by Gasteiger charge is -2.18. The van der Waals surface area contributed by atoms with Gasteiger partial charge < -0.3 is 5.73 Å². The van der Waals surface area contributed by atoms with E-state index in [1.54, 1.807) is 0 Å². The van der Waals surface area contributed by atoms with Gasteiger partial charge in [-0.2, -0.15) is 0 Å². The molecular weight excluding hydrogens is 196 g/mol. The van der Waals surface area contributed by atoms with Crippen LogP contribution in [-0.4, -0.2) is 11.5 Å². The summed E-state index contributed by atoms with van der Waals surface area (Å²) in [6.07, 6.45) is 0. The average molecular weight is 213 g/mol. The summed E-state index contributed by atoms with van der Waals surface area (Å²) >= 11 is 5.97. The fraction of sp³-hybridized carbons (Fsp3) is 0.545. The molecule has 0 fully saturated rings. The Kier molecular flexibility index (Phi) is 3.90. The van der Waals surface area contributed by atoms with Gasteiger partial charge in [0.2, 0.25) is 0 Å². The summed E-state index contributed by atoms with van der Waals surface area (Å²) in [5.74, 6) is 0.791. The maximum Gasteiger partial charge on any atom is 0.132 e. The molecule has 2 nitrogen and oxygen atoms in total. The van der Waals surface area contributed by atoms with Crippen molar-refractivity contribution in [1.82, 2.24) is 4.98 Å². The highest BCUT2D eigenvalue weighted by Crippen LogP contribution is 2.23. The van der Waals surface area contributed by atoms with E-state index in [0.717, 1.165) is 11.3 Å². The molecular formula is C11H17ClN2. The highest BCUT2D eigenvalue weighted by atomic mass is 35.5. The molecule has 0 saturated carbocycles. The summed E-state index contributed by atoms with van der Waals surface area (Å²) in [7, 11) is 0. The smallest absolute Gasteiger partial charge is 0.132 e. The Morgan fingerprint density at radius 3 is 2.50 bits per heavy atom. The van der Waals surface area contributed by atoms with Crippen molar-refractivity contribution in [3.8, 4) is 0 Å². The van der Waals surface area contributed by atoms with Crippen LogP contribution >= 0.6 is 11.6 Å². The third kappa shape index (κ3) is 2.46. The van der Waals surface area contributed by atoms with Crippen LogP contribution in [0.1, 0.15) is 31.0 Å². The molecule has 0 radical (unpaired) electrons. The predicted molar refractivity (Wildman–Crippen MR) is 60.6 cm³/mol. The van der Waals surface area contributed by atoms with Crippen LogP contribution in [0.2, 0.25) is 5.15 Å². The summed E-state index contributed by atoms with van der Waals surface area (Å²) in [5, 5.41) is 0.585. The van der Waals surface area contributed by atoms with E-state index in [2.05, 4.69) is 18.8 Å². The fourth-order valence-corrected chi connectivity index (χ4v) is 1.62. The number of aryl methyl sites for hydroxylation is 1. The van der Waals surface area contributed by atoms with Gasteiger partial charge in [0.25, 0.3) is 0 Å². The first-order valence-electron chi connectivity index (χ1n) is 4.89. The first kappa shape index (κ1) is 11.5. The second kappa shape index (κ2) is 4.76. The van der Waals surface area contributed by atoms with E-state index in [1.807, 2.05) is 19.1 Å². The first-order chi connectivity index (χ1) is 6.56. The minimum Gasteiger partial charge on any atom is -0.330 e.